The standard InChI is InChI=1S/C32H29N2O6PS2/c1-21(2)31(35)33-23-5-13-27(14-6-23)42-29-17-9-25(10-18-29)39-41(37,38)40-26-11-19-30(20-12-26)43-28-15-7-24(8-16-28)34-32(36)22(3)4/h5-20H,1,3H2,2,4H3,(H,33,35)(H,34,36)(H,37,38). The summed E-state index contributed by atoms with van der Waals surface area (Å²) in [5.74, 6) is -0.0992. The first-order valence-electron chi connectivity index (χ1n) is 12.9. The van der Waals surface area contributed by atoms with Crippen LogP contribution in [-0.2, 0) is 14.2 Å². The van der Waals surface area contributed by atoms with Crippen molar-refractivity contribution in [3.63, 3.8) is 0 Å². The highest BCUT2D eigenvalue weighted by atomic mass is 32.2. The van der Waals surface area contributed by atoms with Crippen molar-refractivity contribution in [3.05, 3.63) is 121 Å². The Balaban J connectivity index is 1.28. The second-order valence-corrected chi connectivity index (χ2v) is 12.9. The van der Waals surface area contributed by atoms with E-state index >= 15 is 0 Å². The van der Waals surface area contributed by atoms with Gasteiger partial charge in [0, 0.05) is 42.1 Å². The number of nitrogens with one attached hydrogen (secondary N) is 2. The van der Waals surface area contributed by atoms with Gasteiger partial charge in [0.2, 0.25) is 0 Å². The third-order valence-corrected chi connectivity index (χ3v) is 8.47. The molecule has 220 valence electrons. The van der Waals surface area contributed by atoms with Crippen molar-refractivity contribution >= 4 is 54.5 Å². The fourth-order valence-electron chi connectivity index (χ4n) is 3.38. The Kier molecular flexibility index (Phi) is 10.6. The van der Waals surface area contributed by atoms with Crippen LogP contribution in [0.25, 0.3) is 0 Å². The van der Waals surface area contributed by atoms with Gasteiger partial charge in [-0.25, -0.2) is 4.57 Å². The molecule has 0 aromatic heterocycles. The molecule has 0 aliphatic heterocycles. The minimum atomic E-state index is -4.44. The zero-order valence-corrected chi connectivity index (χ0v) is 25.9. The summed E-state index contributed by atoms with van der Waals surface area (Å²) in [6.45, 7) is 10.5. The Bertz CT molecular complexity index is 1550. The average Bonchev–Trinajstić information content (AvgIpc) is 2.96. The molecule has 0 aliphatic rings. The number of anilines is 2. The van der Waals surface area contributed by atoms with E-state index in [1.807, 2.05) is 24.3 Å². The Hall–Kier alpha value is -4.21. The van der Waals surface area contributed by atoms with E-state index in [2.05, 4.69) is 23.8 Å². The smallest absolute Gasteiger partial charge is 0.395 e. The van der Waals surface area contributed by atoms with E-state index in [4.69, 9.17) is 9.05 Å². The summed E-state index contributed by atoms with van der Waals surface area (Å²) in [6.07, 6.45) is 0. The summed E-state index contributed by atoms with van der Waals surface area (Å²) in [6, 6.07) is 28.2. The van der Waals surface area contributed by atoms with Crippen LogP contribution in [0.4, 0.5) is 11.4 Å². The molecule has 3 N–H and O–H groups in total. The lowest BCUT2D eigenvalue weighted by atomic mass is 10.3. The highest BCUT2D eigenvalue weighted by Crippen LogP contribution is 2.45. The second kappa shape index (κ2) is 14.3. The predicted molar refractivity (Wildman–Crippen MR) is 172 cm³/mol. The number of carbonyl (C=O) groups excluding carboxylic acids is 2. The van der Waals surface area contributed by atoms with Crippen molar-refractivity contribution in [3.8, 4) is 11.5 Å². The van der Waals surface area contributed by atoms with Gasteiger partial charge in [0.15, 0.2) is 0 Å². The molecule has 0 unspecified atom stereocenters. The van der Waals surface area contributed by atoms with Gasteiger partial charge in [-0.05, 0) is 111 Å². The van der Waals surface area contributed by atoms with Gasteiger partial charge in [-0.15, -0.1) is 0 Å². The zero-order chi connectivity index (χ0) is 31.0. The zero-order valence-electron chi connectivity index (χ0n) is 23.4. The molecule has 8 nitrogen and oxygen atoms in total. The van der Waals surface area contributed by atoms with Crippen LogP contribution in [0.2, 0.25) is 0 Å². The number of hydrogen-bond donors (Lipinski definition) is 3. The minimum Gasteiger partial charge on any atom is -0.395 e. The lowest BCUT2D eigenvalue weighted by molar-refractivity contribution is -0.113. The van der Waals surface area contributed by atoms with Crippen LogP contribution < -0.4 is 19.7 Å². The fraction of sp³-hybridized carbons (Fsp3) is 0.0625. The monoisotopic (exact) mass is 632 g/mol. The van der Waals surface area contributed by atoms with Crippen molar-refractivity contribution in [1.29, 1.82) is 0 Å². The second-order valence-electron chi connectivity index (χ2n) is 9.32. The first-order chi connectivity index (χ1) is 20.5. The predicted octanol–water partition coefficient (Wildman–Crippen LogP) is 8.58. The topological polar surface area (TPSA) is 114 Å². The Morgan fingerprint density at radius 1 is 0.605 bits per heavy atom. The lowest BCUT2D eigenvalue weighted by Gasteiger charge is -2.14. The SMILES string of the molecule is C=C(C)C(=O)Nc1ccc(Sc2ccc(OP(=O)(O)Oc3ccc(Sc4ccc(NC(=O)C(=C)C)cc4)cc3)cc2)cc1. The van der Waals surface area contributed by atoms with Crippen molar-refractivity contribution in [2.24, 2.45) is 0 Å². The Labute approximate surface area is 258 Å². The first kappa shape index (κ1) is 31.7. The van der Waals surface area contributed by atoms with Gasteiger partial charge < -0.3 is 19.7 Å². The highest BCUT2D eigenvalue weighted by molar-refractivity contribution is 7.99. The highest BCUT2D eigenvalue weighted by Gasteiger charge is 2.25. The third-order valence-electron chi connectivity index (χ3n) is 5.56. The largest absolute Gasteiger partial charge is 0.584 e. The summed E-state index contributed by atoms with van der Waals surface area (Å²) >= 11 is 2.97. The molecule has 0 bridgehead atoms. The van der Waals surface area contributed by atoms with Crippen LogP contribution in [0, 0.1) is 0 Å². The number of rotatable bonds is 12. The van der Waals surface area contributed by atoms with Crippen LogP contribution in [0.1, 0.15) is 13.8 Å². The van der Waals surface area contributed by atoms with E-state index in [0.717, 1.165) is 19.6 Å². The molecular formula is C32H29N2O6PS2. The van der Waals surface area contributed by atoms with Crippen molar-refractivity contribution in [2.75, 3.05) is 10.6 Å². The van der Waals surface area contributed by atoms with Crippen LogP contribution in [0.15, 0.2) is 141 Å². The van der Waals surface area contributed by atoms with Crippen molar-refractivity contribution in [2.45, 2.75) is 33.4 Å². The molecule has 0 heterocycles. The van der Waals surface area contributed by atoms with E-state index in [1.165, 1.54) is 23.5 Å². The van der Waals surface area contributed by atoms with Gasteiger partial charge in [-0.3, -0.25) is 14.5 Å². The van der Waals surface area contributed by atoms with E-state index in [0.29, 0.717) is 22.5 Å². The maximum atomic E-state index is 12.6. The Morgan fingerprint density at radius 2 is 0.884 bits per heavy atom. The number of phosphoric ester groups is 1. The summed E-state index contributed by atoms with van der Waals surface area (Å²) in [5.41, 5.74) is 2.20. The molecule has 43 heavy (non-hydrogen) atoms. The van der Waals surface area contributed by atoms with Gasteiger partial charge in [-0.2, -0.15) is 0 Å². The van der Waals surface area contributed by atoms with E-state index in [9.17, 15) is 19.0 Å². The van der Waals surface area contributed by atoms with Crippen LogP contribution in [0.3, 0.4) is 0 Å². The van der Waals surface area contributed by atoms with Crippen LogP contribution >= 0.6 is 31.3 Å². The van der Waals surface area contributed by atoms with Crippen LogP contribution in [-0.4, -0.2) is 16.7 Å². The molecule has 0 saturated heterocycles. The maximum Gasteiger partial charge on any atom is 0.584 e. The van der Waals surface area contributed by atoms with Crippen molar-refractivity contribution in [1.82, 2.24) is 0 Å². The summed E-state index contributed by atoms with van der Waals surface area (Å²) in [7, 11) is -4.44. The lowest BCUT2D eigenvalue weighted by Crippen LogP contribution is -2.11. The number of phosphoric acid groups is 1. The van der Waals surface area contributed by atoms with Gasteiger partial charge in [-0.1, -0.05) is 36.7 Å². The van der Waals surface area contributed by atoms with Crippen LogP contribution in [0.5, 0.6) is 11.5 Å². The summed E-state index contributed by atoms with van der Waals surface area (Å²) in [4.78, 5) is 37.5. The van der Waals surface area contributed by atoms with Gasteiger partial charge >= 0.3 is 7.82 Å². The molecule has 0 aliphatic carbocycles. The van der Waals surface area contributed by atoms with Crippen molar-refractivity contribution < 1.29 is 28.1 Å². The maximum absolute atomic E-state index is 12.6. The van der Waals surface area contributed by atoms with Gasteiger partial charge in [0.25, 0.3) is 11.8 Å². The summed E-state index contributed by atoms with van der Waals surface area (Å²) < 4.78 is 23.1. The summed E-state index contributed by atoms with van der Waals surface area (Å²) in [5, 5.41) is 5.52. The number of amides is 2. The van der Waals surface area contributed by atoms with E-state index in [1.54, 1.807) is 86.6 Å². The van der Waals surface area contributed by atoms with Gasteiger partial charge in [0.1, 0.15) is 11.5 Å². The molecular weight excluding hydrogens is 603 g/mol. The quantitative estimate of drug-likeness (QED) is 0.105. The molecule has 4 aromatic rings. The van der Waals surface area contributed by atoms with Gasteiger partial charge in [0.05, 0.1) is 0 Å². The Morgan fingerprint density at radius 3 is 1.16 bits per heavy atom. The normalized spacial score (nSPS) is 10.9. The molecule has 0 radical (unpaired) electrons. The number of benzene rings is 4. The molecule has 0 atom stereocenters. The van der Waals surface area contributed by atoms with E-state index in [-0.39, 0.29) is 23.3 Å². The molecule has 2 amide bonds. The first-order valence-corrected chi connectivity index (χ1v) is 16.0. The third kappa shape index (κ3) is 9.94. The molecule has 4 rings (SSSR count). The molecule has 11 heteroatoms. The average molecular weight is 633 g/mol. The van der Waals surface area contributed by atoms with E-state index < -0.39 is 7.82 Å². The fourth-order valence-corrected chi connectivity index (χ4v) is 5.83. The number of hydrogen-bond acceptors (Lipinski definition) is 7. The molecule has 4 aromatic carbocycles. The molecule has 0 fully saturated rings. The molecule has 0 spiro atoms. The number of carbonyl (C=O) groups is 2. The minimum absolute atomic E-state index is 0.183. The molecule has 0 saturated carbocycles.